The zero-order chi connectivity index (χ0) is 22.1. The largest absolute Gasteiger partial charge is 0.645 e. The molecule has 32 heavy (non-hydrogen) atoms. The molecule has 4 nitrogen and oxygen atoms in total. The van der Waals surface area contributed by atoms with E-state index in [4.69, 9.17) is 18.7 Å². The van der Waals surface area contributed by atoms with E-state index in [1.54, 1.807) is 6.08 Å². The van der Waals surface area contributed by atoms with Gasteiger partial charge in [-0.05, 0) is 48.5 Å². The monoisotopic (exact) mass is 423 g/mol. The van der Waals surface area contributed by atoms with Crippen molar-refractivity contribution in [2.24, 2.45) is 0 Å². The van der Waals surface area contributed by atoms with E-state index in [1.165, 1.54) is 0 Å². The molecule has 4 rings (SSSR count). The summed E-state index contributed by atoms with van der Waals surface area (Å²) in [5, 5.41) is 0. The van der Waals surface area contributed by atoms with Crippen molar-refractivity contribution in [2.45, 2.75) is 0 Å². The summed E-state index contributed by atoms with van der Waals surface area (Å²) in [5.41, 5.74) is 0.729. The van der Waals surface area contributed by atoms with E-state index in [1.807, 2.05) is 115 Å². The second-order valence-corrected chi connectivity index (χ2v) is 7.10. The van der Waals surface area contributed by atoms with E-state index < -0.39 is 6.75 Å². The molecule has 0 radical (unpaired) electrons. The second kappa shape index (κ2) is 10.3. The molecule has 0 N–H and O–H groups in total. The molecule has 0 spiro atoms. The molecular weight excluding hydrogens is 399 g/mol. The van der Waals surface area contributed by atoms with Crippen LogP contribution in [0.15, 0.2) is 128 Å². The molecule has 5 heteroatoms. The smallest absolute Gasteiger partial charge is 0.580 e. The van der Waals surface area contributed by atoms with Crippen LogP contribution in [0.2, 0.25) is 0 Å². The first-order chi connectivity index (χ1) is 15.8. The second-order valence-electron chi connectivity index (χ2n) is 7.10. The highest BCUT2D eigenvalue weighted by Gasteiger charge is 2.39. The minimum atomic E-state index is -2.46. The Balaban J connectivity index is 1.79. The van der Waals surface area contributed by atoms with E-state index in [2.05, 4.69) is 6.58 Å². The first-order valence-electron chi connectivity index (χ1n) is 10.5. The molecule has 0 aliphatic carbocycles. The first kappa shape index (κ1) is 21.1. The van der Waals surface area contributed by atoms with Gasteiger partial charge in [-0.2, -0.15) is 0 Å². The van der Waals surface area contributed by atoms with Crippen molar-refractivity contribution in [2.75, 3.05) is 6.61 Å². The van der Waals surface area contributed by atoms with Gasteiger partial charge < -0.3 is 18.7 Å². The minimum Gasteiger partial charge on any atom is -0.645 e. The Morgan fingerprint density at radius 1 is 0.531 bits per heavy atom. The van der Waals surface area contributed by atoms with Gasteiger partial charge in [-0.15, -0.1) is 0 Å². The van der Waals surface area contributed by atoms with E-state index in [9.17, 15) is 0 Å². The fourth-order valence-electron chi connectivity index (χ4n) is 3.27. The van der Waals surface area contributed by atoms with E-state index in [0.29, 0.717) is 23.9 Å². The average molecular weight is 423 g/mol. The Hall–Kier alpha value is -4.12. The van der Waals surface area contributed by atoms with Crippen LogP contribution in [0, 0.1) is 0 Å². The van der Waals surface area contributed by atoms with Gasteiger partial charge >= 0.3 is 6.75 Å². The van der Waals surface area contributed by atoms with Crippen LogP contribution < -0.4 is 24.2 Å². The fourth-order valence-corrected chi connectivity index (χ4v) is 3.27. The third-order valence-electron chi connectivity index (χ3n) is 4.76. The van der Waals surface area contributed by atoms with Crippen LogP contribution in [0.3, 0.4) is 0 Å². The number of para-hydroxylation sites is 3. The molecule has 0 fully saturated rings. The minimum absolute atomic E-state index is 0.428. The lowest BCUT2D eigenvalue weighted by atomic mass is 9.68. The van der Waals surface area contributed by atoms with Crippen LogP contribution >= 0.6 is 0 Å². The Labute approximate surface area is 188 Å². The van der Waals surface area contributed by atoms with Crippen LogP contribution in [-0.4, -0.2) is 13.4 Å². The predicted molar refractivity (Wildman–Crippen MR) is 129 cm³/mol. The lowest BCUT2D eigenvalue weighted by Gasteiger charge is -2.43. The average Bonchev–Trinajstić information content (AvgIpc) is 2.85. The standard InChI is InChI=1S/C27H24BO4/c1-2-22-29-24-20-18-23(19-21-24)28(30-25-12-6-3-7-13-25,31-26-14-8-4-9-15-26)32-27-16-10-5-11-17-27/h2-21H,1,22H2/q-1. The summed E-state index contributed by atoms with van der Waals surface area (Å²) in [7, 11) is 0. The summed E-state index contributed by atoms with van der Waals surface area (Å²) in [6.45, 7) is 1.66. The quantitative estimate of drug-likeness (QED) is 0.245. The number of hydrogen-bond acceptors (Lipinski definition) is 4. The van der Waals surface area contributed by atoms with Crippen LogP contribution in [0.25, 0.3) is 0 Å². The van der Waals surface area contributed by atoms with E-state index in [-0.39, 0.29) is 0 Å². The maximum absolute atomic E-state index is 6.48. The first-order valence-corrected chi connectivity index (χ1v) is 10.5. The van der Waals surface area contributed by atoms with E-state index in [0.717, 1.165) is 11.2 Å². The maximum Gasteiger partial charge on any atom is 0.580 e. The van der Waals surface area contributed by atoms with E-state index >= 15 is 0 Å². The molecular formula is C27H24BO4-. The number of hydrogen-bond donors (Lipinski definition) is 0. The van der Waals surface area contributed by atoms with Crippen molar-refractivity contribution < 1.29 is 18.7 Å². The molecule has 0 bridgehead atoms. The Kier molecular flexibility index (Phi) is 6.78. The van der Waals surface area contributed by atoms with Gasteiger partial charge in [-0.1, -0.05) is 84.8 Å². The lowest BCUT2D eigenvalue weighted by molar-refractivity contribution is 0.281. The highest BCUT2D eigenvalue weighted by atomic mass is 16.8. The van der Waals surface area contributed by atoms with Gasteiger partial charge in [0, 0.05) is 0 Å². The normalized spacial score (nSPS) is 10.8. The van der Waals surface area contributed by atoms with Gasteiger partial charge in [-0.25, -0.2) is 0 Å². The van der Waals surface area contributed by atoms with Crippen molar-refractivity contribution in [1.82, 2.24) is 0 Å². The van der Waals surface area contributed by atoms with Gasteiger partial charge in [0.25, 0.3) is 0 Å². The molecule has 0 unspecified atom stereocenters. The molecule has 0 heterocycles. The summed E-state index contributed by atoms with van der Waals surface area (Å²) in [6, 6.07) is 36.0. The zero-order valence-electron chi connectivity index (χ0n) is 17.7. The Bertz CT molecular complexity index is 999. The molecule has 0 aromatic heterocycles. The molecule has 4 aromatic carbocycles. The van der Waals surface area contributed by atoms with Gasteiger partial charge in [0.2, 0.25) is 0 Å². The summed E-state index contributed by atoms with van der Waals surface area (Å²) in [5.74, 6) is 2.61. The highest BCUT2D eigenvalue weighted by molar-refractivity contribution is 6.77. The summed E-state index contributed by atoms with van der Waals surface area (Å²) in [6.07, 6.45) is 1.71. The summed E-state index contributed by atoms with van der Waals surface area (Å²) >= 11 is 0. The third kappa shape index (κ3) is 5.32. The van der Waals surface area contributed by atoms with Crippen molar-refractivity contribution in [3.8, 4) is 23.0 Å². The Morgan fingerprint density at radius 2 is 0.938 bits per heavy atom. The predicted octanol–water partition coefficient (Wildman–Crippen LogP) is 5.63. The maximum atomic E-state index is 6.48. The van der Waals surface area contributed by atoms with Crippen molar-refractivity contribution in [1.29, 1.82) is 0 Å². The molecule has 4 aromatic rings. The summed E-state index contributed by atoms with van der Waals surface area (Å²) in [4.78, 5) is 0. The number of ether oxygens (including phenoxy) is 1. The molecule has 160 valence electrons. The highest BCUT2D eigenvalue weighted by Crippen LogP contribution is 2.24. The van der Waals surface area contributed by atoms with Crippen LogP contribution in [-0.2, 0) is 0 Å². The third-order valence-corrected chi connectivity index (χ3v) is 4.76. The van der Waals surface area contributed by atoms with Crippen molar-refractivity contribution in [3.05, 3.63) is 128 Å². The molecule has 0 aliphatic heterocycles. The van der Waals surface area contributed by atoms with Gasteiger partial charge in [0.1, 0.15) is 12.4 Å². The van der Waals surface area contributed by atoms with Crippen LogP contribution in [0.5, 0.6) is 23.0 Å². The van der Waals surface area contributed by atoms with Crippen molar-refractivity contribution in [3.63, 3.8) is 0 Å². The Morgan fingerprint density at radius 3 is 1.31 bits per heavy atom. The molecule has 0 atom stereocenters. The van der Waals surface area contributed by atoms with Gasteiger partial charge in [0.05, 0.1) is 17.2 Å². The lowest BCUT2D eigenvalue weighted by Crippen LogP contribution is -2.64. The SMILES string of the molecule is C=CCOc1ccc([B-](Oc2ccccc2)(Oc2ccccc2)Oc2ccccc2)cc1. The number of benzene rings is 4. The molecule has 0 saturated carbocycles. The zero-order valence-corrected chi connectivity index (χ0v) is 17.7. The van der Waals surface area contributed by atoms with Crippen molar-refractivity contribution >= 4 is 12.2 Å². The summed E-state index contributed by atoms with van der Waals surface area (Å²) < 4.78 is 25.1. The van der Waals surface area contributed by atoms with Gasteiger partial charge in [0.15, 0.2) is 0 Å². The van der Waals surface area contributed by atoms with Crippen LogP contribution in [0.4, 0.5) is 0 Å². The van der Waals surface area contributed by atoms with Gasteiger partial charge in [-0.3, -0.25) is 0 Å². The fraction of sp³-hybridized carbons (Fsp3) is 0.0370. The molecule has 0 aliphatic rings. The molecule has 0 amide bonds. The van der Waals surface area contributed by atoms with Crippen LogP contribution in [0.1, 0.15) is 0 Å². The topological polar surface area (TPSA) is 36.9 Å². The number of rotatable bonds is 10. The molecule has 0 saturated heterocycles.